The fourth-order valence-electron chi connectivity index (χ4n) is 3.18. The van der Waals surface area contributed by atoms with Crippen LogP contribution in [0.5, 0.6) is 0 Å². The lowest BCUT2D eigenvalue weighted by Crippen LogP contribution is -2.58. The molecule has 152 valence electrons. The van der Waals surface area contributed by atoms with E-state index in [2.05, 4.69) is 0 Å². The molecule has 0 aliphatic heterocycles. The van der Waals surface area contributed by atoms with Gasteiger partial charge in [-0.1, -0.05) is 12.2 Å². The van der Waals surface area contributed by atoms with E-state index in [-0.39, 0.29) is 0 Å². The maximum absolute atomic E-state index is 14.0. The standard InChI is InChI=1S/C15H18F6N4O2/c16-14(17,18)13(15(19,20)21,7-1-3-9(22)11(24,26)5-7)8-2-4-10(23)12(25,27)6-8/h1-4,26-27H,5-6,22-25H2. The van der Waals surface area contributed by atoms with Crippen molar-refractivity contribution in [2.45, 2.75) is 36.6 Å². The van der Waals surface area contributed by atoms with Crippen molar-refractivity contribution in [2.75, 3.05) is 0 Å². The predicted octanol–water partition coefficient (Wildman–Crippen LogP) is 0.737. The summed E-state index contributed by atoms with van der Waals surface area (Å²) in [6.45, 7) is 0. The Kier molecular flexibility index (Phi) is 4.72. The Balaban J connectivity index is 2.83. The highest BCUT2D eigenvalue weighted by Gasteiger charge is 2.74. The van der Waals surface area contributed by atoms with Crippen LogP contribution < -0.4 is 22.9 Å². The molecule has 0 heterocycles. The number of hydrogen-bond acceptors (Lipinski definition) is 6. The number of halogens is 6. The molecule has 0 bridgehead atoms. The van der Waals surface area contributed by atoms with Crippen LogP contribution in [-0.4, -0.2) is 34.0 Å². The zero-order valence-electron chi connectivity index (χ0n) is 13.7. The summed E-state index contributed by atoms with van der Waals surface area (Å²) < 4.78 is 83.9. The molecule has 2 unspecified atom stereocenters. The molecule has 2 aliphatic rings. The van der Waals surface area contributed by atoms with Crippen LogP contribution >= 0.6 is 0 Å². The molecule has 10 N–H and O–H groups in total. The first-order valence-corrected chi connectivity index (χ1v) is 7.47. The summed E-state index contributed by atoms with van der Waals surface area (Å²) in [4.78, 5) is 0. The smallest absolute Gasteiger partial charge is 0.399 e. The van der Waals surface area contributed by atoms with Crippen LogP contribution in [0.1, 0.15) is 12.8 Å². The van der Waals surface area contributed by atoms with Gasteiger partial charge in [0.2, 0.25) is 5.41 Å². The van der Waals surface area contributed by atoms with Gasteiger partial charge in [-0.05, 0) is 23.3 Å². The minimum Gasteiger partial charge on any atom is -0.399 e. The maximum atomic E-state index is 14.0. The Bertz CT molecular complexity index is 695. The van der Waals surface area contributed by atoms with E-state index in [1.807, 2.05) is 0 Å². The molecule has 6 nitrogen and oxygen atoms in total. The van der Waals surface area contributed by atoms with Crippen molar-refractivity contribution in [3.63, 3.8) is 0 Å². The maximum Gasteiger partial charge on any atom is 0.410 e. The Hall–Kier alpha value is -2.02. The number of alkyl halides is 6. The van der Waals surface area contributed by atoms with Gasteiger partial charge in [-0.2, -0.15) is 26.3 Å². The molecule has 0 amide bonds. The average molecular weight is 400 g/mol. The zero-order chi connectivity index (χ0) is 21.1. The highest BCUT2D eigenvalue weighted by Crippen LogP contribution is 2.62. The third kappa shape index (κ3) is 3.22. The van der Waals surface area contributed by atoms with Crippen LogP contribution in [0, 0.1) is 5.41 Å². The van der Waals surface area contributed by atoms with Gasteiger partial charge in [-0.15, -0.1) is 0 Å². The monoisotopic (exact) mass is 400 g/mol. The first-order chi connectivity index (χ1) is 12.0. The number of rotatable bonds is 2. The molecule has 2 atom stereocenters. The molecule has 2 rings (SSSR count). The van der Waals surface area contributed by atoms with Crippen molar-refractivity contribution in [3.8, 4) is 0 Å². The van der Waals surface area contributed by atoms with Crippen molar-refractivity contribution in [2.24, 2.45) is 28.3 Å². The van der Waals surface area contributed by atoms with Crippen LogP contribution in [0.4, 0.5) is 26.3 Å². The molecule has 12 heteroatoms. The molecular formula is C15H18F6N4O2. The average Bonchev–Trinajstić information content (AvgIpc) is 2.43. The lowest BCUT2D eigenvalue weighted by atomic mass is 9.65. The molecule has 0 aromatic heterocycles. The molecule has 2 aliphatic carbocycles. The Morgan fingerprint density at radius 3 is 1.22 bits per heavy atom. The Morgan fingerprint density at radius 2 is 1.00 bits per heavy atom. The summed E-state index contributed by atoms with van der Waals surface area (Å²) in [5.74, 6) is 0. The highest BCUT2D eigenvalue weighted by atomic mass is 19.4. The Morgan fingerprint density at radius 1 is 0.704 bits per heavy atom. The lowest BCUT2D eigenvalue weighted by Gasteiger charge is -2.46. The number of aliphatic hydroxyl groups is 2. The molecule has 0 aromatic rings. The molecule has 0 saturated heterocycles. The van der Waals surface area contributed by atoms with Gasteiger partial charge in [0.25, 0.3) is 0 Å². The van der Waals surface area contributed by atoms with Crippen molar-refractivity contribution < 1.29 is 36.6 Å². The summed E-state index contributed by atoms with van der Waals surface area (Å²) >= 11 is 0. The first kappa shape index (κ1) is 21.3. The van der Waals surface area contributed by atoms with Gasteiger partial charge in [0.05, 0.1) is 11.4 Å². The van der Waals surface area contributed by atoms with E-state index in [0.717, 1.165) is 0 Å². The van der Waals surface area contributed by atoms with Crippen LogP contribution in [0.15, 0.2) is 46.8 Å². The summed E-state index contributed by atoms with van der Waals surface area (Å²) in [5, 5.41) is 19.9. The van der Waals surface area contributed by atoms with E-state index in [9.17, 15) is 36.6 Å². The van der Waals surface area contributed by atoms with E-state index in [1.54, 1.807) is 0 Å². The van der Waals surface area contributed by atoms with E-state index >= 15 is 0 Å². The largest absolute Gasteiger partial charge is 0.410 e. The number of allylic oxidation sites excluding steroid dienone is 4. The quantitative estimate of drug-likeness (QED) is 0.298. The van der Waals surface area contributed by atoms with E-state index in [1.165, 1.54) is 0 Å². The van der Waals surface area contributed by atoms with Crippen LogP contribution in [0.2, 0.25) is 0 Å². The molecule has 0 spiro atoms. The fraction of sp³-hybridized carbons (Fsp3) is 0.467. The van der Waals surface area contributed by atoms with E-state index in [0.29, 0.717) is 24.3 Å². The number of nitrogens with two attached hydrogens (primary N) is 4. The second kappa shape index (κ2) is 5.99. The molecule has 0 radical (unpaired) electrons. The molecule has 0 saturated carbocycles. The van der Waals surface area contributed by atoms with E-state index in [4.69, 9.17) is 22.9 Å². The zero-order valence-corrected chi connectivity index (χ0v) is 13.7. The molecular weight excluding hydrogens is 382 g/mol. The molecule has 0 aromatic carbocycles. The van der Waals surface area contributed by atoms with Gasteiger partial charge in [0.1, 0.15) is 0 Å². The predicted molar refractivity (Wildman–Crippen MR) is 82.8 cm³/mol. The van der Waals surface area contributed by atoms with Crippen LogP contribution in [-0.2, 0) is 0 Å². The van der Waals surface area contributed by atoms with Crippen molar-refractivity contribution in [1.29, 1.82) is 0 Å². The summed E-state index contributed by atoms with van der Waals surface area (Å²) in [7, 11) is 0. The van der Waals surface area contributed by atoms with Gasteiger partial charge >= 0.3 is 12.4 Å². The summed E-state index contributed by atoms with van der Waals surface area (Å²) in [6.07, 6.45) is -11.9. The summed E-state index contributed by atoms with van der Waals surface area (Å²) in [6, 6.07) is 0. The normalized spacial score (nSPS) is 30.3. The first-order valence-electron chi connectivity index (χ1n) is 7.47. The molecule has 27 heavy (non-hydrogen) atoms. The second-order valence-electron chi connectivity index (χ2n) is 6.58. The summed E-state index contributed by atoms with van der Waals surface area (Å²) in [5.41, 5.74) is 8.05. The van der Waals surface area contributed by atoms with Gasteiger partial charge in [-0.3, -0.25) is 11.5 Å². The minimum atomic E-state index is -5.91. The third-order valence-corrected chi connectivity index (χ3v) is 4.66. The fourth-order valence-corrected chi connectivity index (χ4v) is 3.18. The SMILES string of the molecule is NC1=CC=C(C(C2=CC=C(N)C(N)(O)C2)(C(F)(F)F)C(F)(F)F)CC1(N)O. The highest BCUT2D eigenvalue weighted by molar-refractivity contribution is 5.46. The second-order valence-corrected chi connectivity index (χ2v) is 6.58. The molecule has 0 fully saturated rings. The number of hydrogen-bond donors (Lipinski definition) is 6. The van der Waals surface area contributed by atoms with Crippen molar-refractivity contribution in [1.82, 2.24) is 0 Å². The van der Waals surface area contributed by atoms with Gasteiger partial charge in [0.15, 0.2) is 11.4 Å². The minimum absolute atomic E-state index is 0.499. The van der Waals surface area contributed by atoms with Gasteiger partial charge in [-0.25, -0.2) is 0 Å². The topological polar surface area (TPSA) is 145 Å². The van der Waals surface area contributed by atoms with Crippen molar-refractivity contribution in [3.05, 3.63) is 46.8 Å². The Labute approximate surface area is 149 Å². The van der Waals surface area contributed by atoms with Crippen LogP contribution in [0.25, 0.3) is 0 Å². The van der Waals surface area contributed by atoms with Crippen molar-refractivity contribution >= 4 is 0 Å². The third-order valence-electron chi connectivity index (χ3n) is 4.66. The van der Waals surface area contributed by atoms with Crippen LogP contribution in [0.3, 0.4) is 0 Å². The van der Waals surface area contributed by atoms with E-state index < -0.39 is 64.6 Å². The van der Waals surface area contributed by atoms with Gasteiger partial charge < -0.3 is 21.7 Å². The van der Waals surface area contributed by atoms with Gasteiger partial charge in [0, 0.05) is 12.8 Å². The lowest BCUT2D eigenvalue weighted by molar-refractivity contribution is -0.313.